The van der Waals surface area contributed by atoms with Crippen LogP contribution in [-0.2, 0) is 16.0 Å². The van der Waals surface area contributed by atoms with Crippen LogP contribution in [0.3, 0.4) is 0 Å². The second-order valence-corrected chi connectivity index (χ2v) is 7.18. The first-order valence-corrected chi connectivity index (χ1v) is 9.80. The molecule has 0 saturated carbocycles. The fourth-order valence-electron chi connectivity index (χ4n) is 2.92. The first-order valence-electron chi connectivity index (χ1n) is 9.43. The van der Waals surface area contributed by atoms with Crippen molar-refractivity contribution in [2.75, 3.05) is 5.32 Å². The first-order chi connectivity index (χ1) is 14.8. The summed E-state index contributed by atoms with van der Waals surface area (Å²) in [6, 6.07) is 20.4. The van der Waals surface area contributed by atoms with E-state index in [-0.39, 0.29) is 16.4 Å². The van der Waals surface area contributed by atoms with Gasteiger partial charge in [0, 0.05) is 12.1 Å². The number of non-ortho nitro benzene ring substituents is 1. The number of hydrogen-bond acceptors (Lipinski definition) is 5. The summed E-state index contributed by atoms with van der Waals surface area (Å²) in [4.78, 5) is 35.5. The maximum atomic E-state index is 12.7. The second-order valence-electron chi connectivity index (χ2n) is 6.78. The highest BCUT2D eigenvalue weighted by Crippen LogP contribution is 2.27. The molecule has 0 aliphatic carbocycles. The van der Waals surface area contributed by atoms with Crippen molar-refractivity contribution in [3.05, 3.63) is 105 Å². The second kappa shape index (κ2) is 9.86. The van der Waals surface area contributed by atoms with Crippen LogP contribution in [0.4, 0.5) is 11.4 Å². The number of rotatable bonds is 7. The highest BCUT2D eigenvalue weighted by atomic mass is 35.5. The van der Waals surface area contributed by atoms with Gasteiger partial charge in [-0.1, -0.05) is 60.1 Å². The molecule has 158 valence electrons. The van der Waals surface area contributed by atoms with Crippen molar-refractivity contribution < 1.29 is 19.2 Å². The average Bonchev–Trinajstić information content (AvgIpc) is 2.76. The topological polar surface area (TPSA) is 98.5 Å². The molecular weight excluding hydrogens is 420 g/mol. The zero-order valence-corrected chi connectivity index (χ0v) is 17.3. The SMILES string of the molecule is CC(OC(=O)c1ccccc1Cc1ccccc1)C(=O)Nc1cc([N+](=O)[O-])ccc1Cl. The summed E-state index contributed by atoms with van der Waals surface area (Å²) < 4.78 is 5.34. The Kier molecular flexibility index (Phi) is 6.99. The van der Waals surface area contributed by atoms with Gasteiger partial charge in [0.25, 0.3) is 11.6 Å². The lowest BCUT2D eigenvalue weighted by Gasteiger charge is -2.15. The predicted octanol–water partition coefficient (Wildman–Crippen LogP) is 5.02. The molecular formula is C23H19ClN2O5. The Morgan fingerprint density at radius 2 is 1.74 bits per heavy atom. The Hall–Kier alpha value is -3.71. The molecule has 3 rings (SSSR count). The van der Waals surface area contributed by atoms with E-state index in [1.807, 2.05) is 42.5 Å². The molecule has 7 nitrogen and oxygen atoms in total. The minimum Gasteiger partial charge on any atom is -0.449 e. The number of nitro groups is 1. The number of carbonyl (C=O) groups excluding carboxylic acids is 2. The molecule has 0 fully saturated rings. The maximum absolute atomic E-state index is 12.7. The van der Waals surface area contributed by atoms with Crippen LogP contribution >= 0.6 is 11.6 Å². The fraction of sp³-hybridized carbons (Fsp3) is 0.130. The number of esters is 1. The first kappa shape index (κ1) is 22.0. The molecule has 0 radical (unpaired) electrons. The van der Waals surface area contributed by atoms with E-state index in [4.69, 9.17) is 16.3 Å². The molecule has 0 aliphatic rings. The van der Waals surface area contributed by atoms with Crippen molar-refractivity contribution in [3.8, 4) is 0 Å². The molecule has 1 atom stereocenters. The van der Waals surface area contributed by atoms with E-state index in [0.717, 1.165) is 17.2 Å². The average molecular weight is 439 g/mol. The van der Waals surface area contributed by atoms with Crippen molar-refractivity contribution in [1.29, 1.82) is 0 Å². The molecule has 0 bridgehead atoms. The molecule has 1 amide bonds. The quantitative estimate of drug-likeness (QED) is 0.317. The van der Waals surface area contributed by atoms with E-state index < -0.39 is 22.9 Å². The van der Waals surface area contributed by atoms with Crippen molar-refractivity contribution >= 4 is 34.9 Å². The number of halogens is 1. The molecule has 3 aromatic carbocycles. The lowest BCUT2D eigenvalue weighted by Crippen LogP contribution is -2.30. The smallest absolute Gasteiger partial charge is 0.339 e. The highest BCUT2D eigenvalue weighted by molar-refractivity contribution is 6.33. The van der Waals surface area contributed by atoms with Crippen LogP contribution in [-0.4, -0.2) is 22.9 Å². The number of anilines is 1. The van der Waals surface area contributed by atoms with Crippen LogP contribution in [0.1, 0.15) is 28.4 Å². The largest absolute Gasteiger partial charge is 0.449 e. The summed E-state index contributed by atoms with van der Waals surface area (Å²) in [6.45, 7) is 1.41. The number of nitrogens with one attached hydrogen (secondary N) is 1. The van der Waals surface area contributed by atoms with Gasteiger partial charge in [0.05, 0.1) is 21.2 Å². The minimum atomic E-state index is -1.15. The lowest BCUT2D eigenvalue weighted by molar-refractivity contribution is -0.384. The number of carbonyl (C=O) groups is 2. The fourth-order valence-corrected chi connectivity index (χ4v) is 3.09. The van der Waals surface area contributed by atoms with Crippen LogP contribution in [0.15, 0.2) is 72.8 Å². The molecule has 0 spiro atoms. The summed E-state index contributed by atoms with van der Waals surface area (Å²) in [5, 5.41) is 13.5. The normalized spacial score (nSPS) is 11.4. The Morgan fingerprint density at radius 3 is 2.45 bits per heavy atom. The van der Waals surface area contributed by atoms with E-state index in [1.54, 1.807) is 12.1 Å². The Bertz CT molecular complexity index is 1120. The summed E-state index contributed by atoms with van der Waals surface area (Å²) >= 11 is 6.00. The monoisotopic (exact) mass is 438 g/mol. The van der Waals surface area contributed by atoms with Gasteiger partial charge < -0.3 is 10.1 Å². The molecule has 8 heteroatoms. The molecule has 3 aromatic rings. The minimum absolute atomic E-state index is 0.0632. The van der Waals surface area contributed by atoms with Gasteiger partial charge in [-0.05, 0) is 36.6 Å². The number of ether oxygens (including phenoxy) is 1. The van der Waals surface area contributed by atoms with Gasteiger partial charge >= 0.3 is 5.97 Å². The Balaban J connectivity index is 1.70. The Morgan fingerprint density at radius 1 is 1.06 bits per heavy atom. The molecule has 0 aliphatic heterocycles. The van der Waals surface area contributed by atoms with Gasteiger partial charge in [-0.2, -0.15) is 0 Å². The van der Waals surface area contributed by atoms with Crippen molar-refractivity contribution in [2.24, 2.45) is 0 Å². The summed E-state index contributed by atoms with van der Waals surface area (Å²) in [7, 11) is 0. The highest BCUT2D eigenvalue weighted by Gasteiger charge is 2.22. The van der Waals surface area contributed by atoms with Crippen LogP contribution in [0, 0.1) is 10.1 Å². The van der Waals surface area contributed by atoms with E-state index in [9.17, 15) is 19.7 Å². The lowest BCUT2D eigenvalue weighted by atomic mass is 10.00. The molecule has 0 saturated heterocycles. The maximum Gasteiger partial charge on any atom is 0.339 e. The van der Waals surface area contributed by atoms with E-state index in [0.29, 0.717) is 12.0 Å². The molecule has 1 unspecified atom stereocenters. The summed E-state index contributed by atoms with van der Waals surface area (Å²) in [6.07, 6.45) is -0.608. The number of amides is 1. The van der Waals surface area contributed by atoms with Crippen molar-refractivity contribution in [2.45, 2.75) is 19.4 Å². The molecule has 1 N–H and O–H groups in total. The van der Waals surface area contributed by atoms with Crippen molar-refractivity contribution in [1.82, 2.24) is 0 Å². The third-order valence-corrected chi connectivity index (χ3v) is 4.88. The number of nitrogens with zero attached hydrogens (tertiary/aromatic N) is 1. The number of nitro benzene ring substituents is 1. The van der Waals surface area contributed by atoms with Crippen LogP contribution < -0.4 is 5.32 Å². The Labute approximate surface area is 183 Å². The van der Waals surface area contributed by atoms with Gasteiger partial charge in [0.1, 0.15) is 0 Å². The van der Waals surface area contributed by atoms with Gasteiger partial charge in [-0.15, -0.1) is 0 Å². The zero-order chi connectivity index (χ0) is 22.4. The molecule has 31 heavy (non-hydrogen) atoms. The summed E-state index contributed by atoms with van der Waals surface area (Å²) in [5.41, 5.74) is 2.01. The van der Waals surface area contributed by atoms with Gasteiger partial charge in [0.2, 0.25) is 0 Å². The van der Waals surface area contributed by atoms with Gasteiger partial charge in [-0.25, -0.2) is 4.79 Å². The van der Waals surface area contributed by atoms with Crippen LogP contribution in [0.25, 0.3) is 0 Å². The van der Waals surface area contributed by atoms with E-state index >= 15 is 0 Å². The van der Waals surface area contributed by atoms with E-state index in [1.165, 1.54) is 19.1 Å². The zero-order valence-electron chi connectivity index (χ0n) is 16.6. The number of hydrogen-bond donors (Lipinski definition) is 1. The third-order valence-electron chi connectivity index (χ3n) is 4.55. The molecule has 0 heterocycles. The van der Waals surface area contributed by atoms with Gasteiger partial charge in [-0.3, -0.25) is 14.9 Å². The number of benzene rings is 3. The molecule has 0 aromatic heterocycles. The van der Waals surface area contributed by atoms with Crippen LogP contribution in [0.2, 0.25) is 5.02 Å². The predicted molar refractivity (Wildman–Crippen MR) is 117 cm³/mol. The van der Waals surface area contributed by atoms with Crippen molar-refractivity contribution in [3.63, 3.8) is 0 Å². The summed E-state index contributed by atoms with van der Waals surface area (Å²) in [5.74, 6) is -1.30. The van der Waals surface area contributed by atoms with E-state index in [2.05, 4.69) is 5.32 Å². The van der Waals surface area contributed by atoms with Gasteiger partial charge in [0.15, 0.2) is 6.10 Å². The standard InChI is InChI=1S/C23H19ClN2O5/c1-15(22(27)25-21-14-18(26(29)30)11-12-20(21)24)31-23(28)19-10-6-5-9-17(19)13-16-7-3-2-4-8-16/h2-12,14-15H,13H2,1H3,(H,25,27). The third kappa shape index (κ3) is 5.67. The van der Waals surface area contributed by atoms with Crippen LogP contribution in [0.5, 0.6) is 0 Å².